The number of carbonyl (C=O) groups excluding carboxylic acids is 1. The van der Waals surface area contributed by atoms with E-state index in [1.165, 1.54) is 18.3 Å². The van der Waals surface area contributed by atoms with Gasteiger partial charge in [0.1, 0.15) is 0 Å². The van der Waals surface area contributed by atoms with Crippen molar-refractivity contribution < 1.29 is 9.53 Å². The lowest BCUT2D eigenvalue weighted by molar-refractivity contribution is -0.131. The van der Waals surface area contributed by atoms with E-state index in [4.69, 9.17) is 16.3 Å². The van der Waals surface area contributed by atoms with Crippen LogP contribution in [0, 0.1) is 0 Å². The quantitative estimate of drug-likeness (QED) is 0.614. The van der Waals surface area contributed by atoms with Crippen molar-refractivity contribution in [1.82, 2.24) is 0 Å². The van der Waals surface area contributed by atoms with Gasteiger partial charge in [0.25, 0.3) is 0 Å². The van der Waals surface area contributed by atoms with E-state index in [0.29, 0.717) is 10.1 Å². The molecule has 0 aliphatic carbocycles. The zero-order valence-electron chi connectivity index (χ0n) is 5.26. The molecule has 0 aliphatic heterocycles. The molecule has 0 N–H and O–H groups in total. The molecule has 10 heavy (non-hydrogen) atoms. The molecule has 1 aromatic rings. The van der Waals surface area contributed by atoms with Crippen LogP contribution in [-0.4, -0.2) is 5.97 Å². The van der Waals surface area contributed by atoms with Crippen molar-refractivity contribution in [2.75, 3.05) is 0 Å². The maximum absolute atomic E-state index is 10.4. The highest BCUT2D eigenvalue weighted by atomic mass is 35.5. The summed E-state index contributed by atoms with van der Waals surface area (Å²) in [5.41, 5.74) is 0. The smallest absolute Gasteiger partial charge is 0.308 e. The fraction of sp³-hybridized carbons (Fsp3) is 0.167. The summed E-state index contributed by atoms with van der Waals surface area (Å²) in [6, 6.07) is 1.60. The Morgan fingerprint density at radius 2 is 2.50 bits per heavy atom. The largest absolute Gasteiger partial charge is 0.416 e. The molecule has 0 aromatic carbocycles. The van der Waals surface area contributed by atoms with E-state index >= 15 is 0 Å². The van der Waals surface area contributed by atoms with Gasteiger partial charge in [0, 0.05) is 18.4 Å². The Hall–Kier alpha value is -0.540. The first-order chi connectivity index (χ1) is 4.68. The minimum atomic E-state index is -0.321. The van der Waals surface area contributed by atoms with Gasteiger partial charge in [0.2, 0.25) is 0 Å². The van der Waals surface area contributed by atoms with Crippen molar-refractivity contribution in [2.45, 2.75) is 6.92 Å². The van der Waals surface area contributed by atoms with Crippen molar-refractivity contribution in [2.24, 2.45) is 0 Å². The summed E-state index contributed by atoms with van der Waals surface area (Å²) in [5.74, 6) is -0.321. The molecule has 2 nitrogen and oxygen atoms in total. The molecule has 0 atom stereocenters. The average molecular weight is 177 g/mol. The van der Waals surface area contributed by atoms with Crippen LogP contribution in [0.15, 0.2) is 11.4 Å². The molecule has 0 amide bonds. The summed E-state index contributed by atoms with van der Waals surface area (Å²) in [6.45, 7) is 1.35. The molecule has 0 saturated carbocycles. The predicted molar refractivity (Wildman–Crippen MR) is 40.6 cm³/mol. The lowest BCUT2D eigenvalue weighted by Gasteiger charge is -1.91. The van der Waals surface area contributed by atoms with Crippen LogP contribution in [0.2, 0.25) is 5.02 Å². The molecule has 54 valence electrons. The zero-order chi connectivity index (χ0) is 7.56. The molecule has 4 heteroatoms. The molecule has 0 aliphatic rings. The molecule has 0 fully saturated rings. The van der Waals surface area contributed by atoms with Gasteiger partial charge in [-0.25, -0.2) is 0 Å². The fourth-order valence-corrected chi connectivity index (χ4v) is 1.44. The Morgan fingerprint density at radius 1 is 1.80 bits per heavy atom. The molecule has 0 radical (unpaired) electrons. The van der Waals surface area contributed by atoms with Crippen LogP contribution in [0.4, 0.5) is 0 Å². The topological polar surface area (TPSA) is 26.3 Å². The van der Waals surface area contributed by atoms with E-state index in [1.54, 1.807) is 11.4 Å². The Balaban J connectivity index is 2.67. The van der Waals surface area contributed by atoms with Gasteiger partial charge in [-0.3, -0.25) is 4.79 Å². The van der Waals surface area contributed by atoms with Gasteiger partial charge in [-0.15, -0.1) is 11.3 Å². The lowest BCUT2D eigenvalue weighted by Crippen LogP contribution is -1.98. The van der Waals surface area contributed by atoms with E-state index in [9.17, 15) is 4.79 Å². The maximum Gasteiger partial charge on any atom is 0.308 e. The number of hydrogen-bond donors (Lipinski definition) is 0. The summed E-state index contributed by atoms with van der Waals surface area (Å²) in [7, 11) is 0. The molecule has 1 rings (SSSR count). The first kappa shape index (κ1) is 7.57. The van der Waals surface area contributed by atoms with Gasteiger partial charge in [-0.2, -0.15) is 0 Å². The minimum absolute atomic E-state index is 0.321. The molecule has 0 saturated heterocycles. The fourth-order valence-electron chi connectivity index (χ4n) is 0.490. The Kier molecular flexibility index (Phi) is 2.29. The molecule has 1 aromatic heterocycles. The van der Waals surface area contributed by atoms with Crippen molar-refractivity contribution in [3.63, 3.8) is 0 Å². The first-order valence-corrected chi connectivity index (χ1v) is 3.86. The van der Waals surface area contributed by atoms with Gasteiger partial charge < -0.3 is 4.74 Å². The first-order valence-electron chi connectivity index (χ1n) is 2.61. The van der Waals surface area contributed by atoms with Crippen molar-refractivity contribution >= 4 is 28.9 Å². The number of esters is 1. The number of halogens is 1. The third-order valence-electron chi connectivity index (χ3n) is 0.788. The van der Waals surface area contributed by atoms with Crippen LogP contribution < -0.4 is 4.74 Å². The molecule has 0 unspecified atom stereocenters. The number of ether oxygens (including phenoxy) is 1. The van der Waals surface area contributed by atoms with Gasteiger partial charge in [0.15, 0.2) is 5.06 Å². The lowest BCUT2D eigenvalue weighted by atomic mass is 10.6. The normalized spacial score (nSPS) is 9.40. The van der Waals surface area contributed by atoms with E-state index in [0.717, 1.165) is 0 Å². The molecule has 1 heterocycles. The van der Waals surface area contributed by atoms with Gasteiger partial charge in [0.05, 0.1) is 5.02 Å². The second-order valence-corrected chi connectivity index (χ2v) is 2.99. The van der Waals surface area contributed by atoms with Crippen LogP contribution >= 0.6 is 22.9 Å². The summed E-state index contributed by atoms with van der Waals surface area (Å²) in [5, 5.41) is 2.85. The van der Waals surface area contributed by atoms with Gasteiger partial charge >= 0.3 is 5.97 Å². The number of rotatable bonds is 1. The highest BCUT2D eigenvalue weighted by Gasteiger charge is 1.99. The second kappa shape index (κ2) is 3.03. The number of thiophene rings is 1. The van der Waals surface area contributed by atoms with Crippen molar-refractivity contribution in [3.8, 4) is 5.06 Å². The second-order valence-electron chi connectivity index (χ2n) is 1.68. The van der Waals surface area contributed by atoms with Crippen molar-refractivity contribution in [1.29, 1.82) is 0 Å². The van der Waals surface area contributed by atoms with Crippen LogP contribution in [0.5, 0.6) is 5.06 Å². The Labute approximate surface area is 67.4 Å². The predicted octanol–water partition coefficient (Wildman–Crippen LogP) is 2.33. The SMILES string of the molecule is CC(=O)Oc1cc(Cl)cs1. The van der Waals surface area contributed by atoms with Gasteiger partial charge in [-0.05, 0) is 0 Å². The standard InChI is InChI=1S/C6H5ClO2S/c1-4(8)9-6-2-5(7)3-10-6/h2-3H,1H3. The van der Waals surface area contributed by atoms with Crippen molar-refractivity contribution in [3.05, 3.63) is 16.5 Å². The van der Waals surface area contributed by atoms with E-state index in [-0.39, 0.29) is 5.97 Å². The van der Waals surface area contributed by atoms with Gasteiger partial charge in [-0.1, -0.05) is 11.6 Å². The van der Waals surface area contributed by atoms with E-state index < -0.39 is 0 Å². The Morgan fingerprint density at radius 3 is 2.90 bits per heavy atom. The van der Waals surface area contributed by atoms with E-state index in [1.807, 2.05) is 0 Å². The molecular formula is C6H5ClO2S. The molecule has 0 bridgehead atoms. The number of hydrogen-bond acceptors (Lipinski definition) is 3. The summed E-state index contributed by atoms with van der Waals surface area (Å²) < 4.78 is 4.73. The highest BCUT2D eigenvalue weighted by molar-refractivity contribution is 7.12. The molecule has 0 spiro atoms. The van der Waals surface area contributed by atoms with Crippen LogP contribution in [0.1, 0.15) is 6.92 Å². The number of carbonyl (C=O) groups is 1. The monoisotopic (exact) mass is 176 g/mol. The summed E-state index contributed by atoms with van der Waals surface area (Å²) >= 11 is 6.87. The third kappa shape index (κ3) is 2.01. The Bertz CT molecular complexity index is 244. The summed E-state index contributed by atoms with van der Waals surface area (Å²) in [6.07, 6.45) is 0. The van der Waals surface area contributed by atoms with E-state index in [2.05, 4.69) is 0 Å². The van der Waals surface area contributed by atoms with Crippen LogP contribution in [-0.2, 0) is 4.79 Å². The van der Waals surface area contributed by atoms with Crippen LogP contribution in [0.3, 0.4) is 0 Å². The highest BCUT2D eigenvalue weighted by Crippen LogP contribution is 2.26. The summed E-state index contributed by atoms with van der Waals surface area (Å²) in [4.78, 5) is 10.4. The zero-order valence-corrected chi connectivity index (χ0v) is 6.83. The third-order valence-corrected chi connectivity index (χ3v) is 1.94. The average Bonchev–Trinajstić information content (AvgIpc) is 2.13. The maximum atomic E-state index is 10.4. The molecular weight excluding hydrogens is 172 g/mol. The van der Waals surface area contributed by atoms with Crippen LogP contribution in [0.25, 0.3) is 0 Å². The minimum Gasteiger partial charge on any atom is -0.416 e.